The van der Waals surface area contributed by atoms with E-state index in [1.807, 2.05) is 0 Å². The average molecular weight is 472 g/mol. The lowest BCUT2D eigenvalue weighted by atomic mass is 10.2. The van der Waals surface area contributed by atoms with Gasteiger partial charge in [-0.2, -0.15) is 0 Å². The summed E-state index contributed by atoms with van der Waals surface area (Å²) >= 11 is 6.09. The van der Waals surface area contributed by atoms with E-state index in [0.717, 1.165) is 10.6 Å². The lowest BCUT2D eigenvalue weighted by Gasteiger charge is -2.23. The molecule has 1 amide bonds. The summed E-state index contributed by atoms with van der Waals surface area (Å²) in [6.45, 7) is 0.0288. The van der Waals surface area contributed by atoms with Crippen LogP contribution in [0, 0.1) is 10.1 Å². The van der Waals surface area contributed by atoms with Gasteiger partial charge in [-0.05, 0) is 30.7 Å². The Bertz CT molecular complexity index is 1080. The topological polar surface area (TPSA) is 128 Å². The molecule has 0 atom stereocenters. The van der Waals surface area contributed by atoms with Gasteiger partial charge in [-0.1, -0.05) is 11.6 Å². The molecular weight excluding hydrogens is 450 g/mol. The molecule has 0 saturated carbocycles. The van der Waals surface area contributed by atoms with Crippen molar-refractivity contribution in [3.8, 4) is 11.5 Å². The molecule has 0 spiro atoms. The normalized spacial score (nSPS) is 11.0. The fraction of sp³-hybridized carbons (Fsp3) is 0.316. The monoisotopic (exact) mass is 471 g/mol. The van der Waals surface area contributed by atoms with E-state index >= 15 is 0 Å². The van der Waals surface area contributed by atoms with Crippen molar-refractivity contribution in [3.63, 3.8) is 0 Å². The van der Waals surface area contributed by atoms with Crippen LogP contribution in [0.5, 0.6) is 11.5 Å². The first-order chi connectivity index (χ1) is 14.6. The number of carbonyl (C=O) groups excluding carboxylic acids is 1. The highest BCUT2D eigenvalue weighted by molar-refractivity contribution is 7.92. The van der Waals surface area contributed by atoms with E-state index in [9.17, 15) is 23.3 Å². The molecule has 10 nitrogen and oxygen atoms in total. The first-order valence-corrected chi connectivity index (χ1v) is 11.2. The molecule has 0 unspecified atom stereocenters. The van der Waals surface area contributed by atoms with Gasteiger partial charge in [0, 0.05) is 25.1 Å². The number of carbonyl (C=O) groups is 1. The molecule has 2 rings (SSSR count). The Balaban J connectivity index is 2.08. The largest absolute Gasteiger partial charge is 0.495 e. The zero-order chi connectivity index (χ0) is 23.2. The number of nitrogens with one attached hydrogen (secondary N) is 1. The van der Waals surface area contributed by atoms with E-state index < -0.39 is 20.9 Å². The molecule has 168 valence electrons. The fourth-order valence-corrected chi connectivity index (χ4v) is 4.01. The predicted octanol–water partition coefficient (Wildman–Crippen LogP) is 3.45. The molecule has 12 heteroatoms. The number of nitro groups is 1. The van der Waals surface area contributed by atoms with Gasteiger partial charge < -0.3 is 14.8 Å². The molecule has 0 bridgehead atoms. The zero-order valence-electron chi connectivity index (χ0n) is 17.1. The summed E-state index contributed by atoms with van der Waals surface area (Å²) in [5.74, 6) is 0.230. The lowest BCUT2D eigenvalue weighted by Crippen LogP contribution is -2.31. The second-order valence-corrected chi connectivity index (χ2v) is 8.76. The van der Waals surface area contributed by atoms with E-state index in [2.05, 4.69) is 5.32 Å². The minimum absolute atomic E-state index is 0.0260. The van der Waals surface area contributed by atoms with Crippen molar-refractivity contribution in [1.29, 1.82) is 0 Å². The maximum absolute atomic E-state index is 12.3. The second kappa shape index (κ2) is 10.3. The summed E-state index contributed by atoms with van der Waals surface area (Å²) in [7, 11) is -0.805. The summed E-state index contributed by atoms with van der Waals surface area (Å²) in [5.41, 5.74) is 0.299. The van der Waals surface area contributed by atoms with Crippen LogP contribution in [-0.4, -0.2) is 46.3 Å². The maximum Gasteiger partial charge on any atom is 0.271 e. The lowest BCUT2D eigenvalue weighted by molar-refractivity contribution is -0.384. The quantitative estimate of drug-likeness (QED) is 0.415. The molecular formula is C19H22ClN3O7S. The number of non-ortho nitro benzene ring substituents is 1. The van der Waals surface area contributed by atoms with Crippen LogP contribution in [-0.2, 0) is 14.8 Å². The van der Waals surface area contributed by atoms with Gasteiger partial charge >= 0.3 is 0 Å². The third kappa shape index (κ3) is 6.46. The number of benzene rings is 2. The average Bonchev–Trinajstić information content (AvgIpc) is 2.70. The van der Waals surface area contributed by atoms with E-state index in [1.54, 1.807) is 12.1 Å². The standard InChI is InChI=1S/C19H22ClN3O7S/c1-29-17-8-6-13(11-15(17)20)22(31(3,27)28)10-4-5-19(24)21-16-12-14(23(25)26)7-9-18(16)30-2/h6-9,11-12H,4-5,10H2,1-3H3,(H,21,24). The van der Waals surface area contributed by atoms with Gasteiger partial charge in [-0.3, -0.25) is 19.2 Å². The highest BCUT2D eigenvalue weighted by atomic mass is 35.5. The number of nitro benzene ring substituents is 1. The number of hydrogen-bond donors (Lipinski definition) is 1. The number of halogens is 1. The summed E-state index contributed by atoms with van der Waals surface area (Å²) in [5, 5.41) is 13.8. The van der Waals surface area contributed by atoms with E-state index in [-0.39, 0.29) is 41.5 Å². The minimum atomic E-state index is -3.63. The zero-order valence-corrected chi connectivity index (χ0v) is 18.7. The van der Waals surface area contributed by atoms with E-state index in [4.69, 9.17) is 21.1 Å². The molecule has 0 heterocycles. The molecule has 0 saturated heterocycles. The van der Waals surface area contributed by atoms with Crippen LogP contribution in [0.4, 0.5) is 17.1 Å². The third-order valence-corrected chi connectivity index (χ3v) is 5.75. The molecule has 0 aliphatic heterocycles. The van der Waals surface area contributed by atoms with Crippen molar-refractivity contribution in [2.24, 2.45) is 0 Å². The summed E-state index contributed by atoms with van der Waals surface area (Å²) in [6.07, 6.45) is 1.22. The number of rotatable bonds is 10. The van der Waals surface area contributed by atoms with Gasteiger partial charge in [0.25, 0.3) is 5.69 Å². The van der Waals surface area contributed by atoms with Crippen LogP contribution in [0.15, 0.2) is 36.4 Å². The SMILES string of the molecule is COc1ccc(N(CCCC(=O)Nc2cc([N+](=O)[O-])ccc2OC)S(C)(=O)=O)cc1Cl. The van der Waals surface area contributed by atoms with Gasteiger partial charge in [0.05, 0.1) is 41.8 Å². The van der Waals surface area contributed by atoms with Crippen molar-refractivity contribution in [2.75, 3.05) is 36.6 Å². The van der Waals surface area contributed by atoms with Crippen LogP contribution in [0.3, 0.4) is 0 Å². The number of hydrogen-bond acceptors (Lipinski definition) is 7. The Morgan fingerprint density at radius 3 is 2.35 bits per heavy atom. The molecule has 0 aliphatic carbocycles. The predicted molar refractivity (Wildman–Crippen MR) is 118 cm³/mol. The molecule has 2 aromatic carbocycles. The Morgan fingerprint density at radius 2 is 1.81 bits per heavy atom. The van der Waals surface area contributed by atoms with Crippen molar-refractivity contribution in [1.82, 2.24) is 0 Å². The molecule has 2 aromatic rings. The highest BCUT2D eigenvalue weighted by Crippen LogP contribution is 2.31. The number of nitrogens with zero attached hydrogens (tertiary/aromatic N) is 2. The number of amides is 1. The summed E-state index contributed by atoms with van der Waals surface area (Å²) in [4.78, 5) is 22.7. The first-order valence-electron chi connectivity index (χ1n) is 9.00. The van der Waals surface area contributed by atoms with Gasteiger partial charge in [0.2, 0.25) is 15.9 Å². The van der Waals surface area contributed by atoms with Crippen molar-refractivity contribution >= 4 is 44.6 Å². The number of sulfonamides is 1. The van der Waals surface area contributed by atoms with Crippen LogP contribution in [0.2, 0.25) is 5.02 Å². The number of anilines is 2. The first kappa shape index (κ1) is 24.2. The van der Waals surface area contributed by atoms with Crippen molar-refractivity contribution in [2.45, 2.75) is 12.8 Å². The van der Waals surface area contributed by atoms with Crippen LogP contribution in [0.25, 0.3) is 0 Å². The number of ether oxygens (including phenoxy) is 2. The van der Waals surface area contributed by atoms with Gasteiger partial charge in [0.15, 0.2) is 0 Å². The molecule has 0 aliphatic rings. The van der Waals surface area contributed by atoms with Gasteiger partial charge in [-0.15, -0.1) is 0 Å². The molecule has 0 radical (unpaired) electrons. The summed E-state index contributed by atoms with van der Waals surface area (Å²) < 4.78 is 35.8. The minimum Gasteiger partial charge on any atom is -0.495 e. The Labute approximate surface area is 184 Å². The molecule has 0 aromatic heterocycles. The van der Waals surface area contributed by atoms with E-state index in [1.165, 1.54) is 38.5 Å². The fourth-order valence-electron chi connectivity index (χ4n) is 2.80. The third-order valence-electron chi connectivity index (χ3n) is 4.26. The summed E-state index contributed by atoms with van der Waals surface area (Å²) in [6, 6.07) is 8.41. The number of methoxy groups -OCH3 is 2. The van der Waals surface area contributed by atoms with Crippen LogP contribution in [0.1, 0.15) is 12.8 Å². The molecule has 1 N–H and O–H groups in total. The van der Waals surface area contributed by atoms with Crippen molar-refractivity contribution < 1.29 is 27.6 Å². The molecule has 31 heavy (non-hydrogen) atoms. The highest BCUT2D eigenvalue weighted by Gasteiger charge is 2.19. The Hall–Kier alpha value is -3.05. The second-order valence-electron chi connectivity index (χ2n) is 6.45. The van der Waals surface area contributed by atoms with E-state index in [0.29, 0.717) is 11.4 Å². The smallest absolute Gasteiger partial charge is 0.271 e. The van der Waals surface area contributed by atoms with Crippen LogP contribution < -0.4 is 19.1 Å². The van der Waals surface area contributed by atoms with Gasteiger partial charge in [0.1, 0.15) is 11.5 Å². The molecule has 0 fully saturated rings. The maximum atomic E-state index is 12.3. The van der Waals surface area contributed by atoms with Crippen LogP contribution >= 0.6 is 11.6 Å². The Kier molecular flexibility index (Phi) is 8.06. The van der Waals surface area contributed by atoms with Gasteiger partial charge in [-0.25, -0.2) is 8.42 Å². The Morgan fingerprint density at radius 1 is 1.16 bits per heavy atom. The van der Waals surface area contributed by atoms with Crippen molar-refractivity contribution in [3.05, 3.63) is 51.5 Å².